The Morgan fingerprint density at radius 2 is 1.76 bits per heavy atom. The monoisotopic (exact) mass is 531 g/mol. The molecule has 5 aromatic rings. The number of fused-ring (bicyclic) bond motifs is 2. The molecule has 1 aliphatic rings. The van der Waals surface area contributed by atoms with Crippen LogP contribution in [0.4, 0.5) is 22.0 Å². The molecule has 0 radical (unpaired) electrons. The van der Waals surface area contributed by atoms with E-state index in [4.69, 9.17) is 9.47 Å². The van der Waals surface area contributed by atoms with E-state index >= 15 is 4.39 Å². The van der Waals surface area contributed by atoms with Crippen LogP contribution in [0.1, 0.15) is 29.4 Å². The van der Waals surface area contributed by atoms with Crippen LogP contribution in [-0.2, 0) is 6.54 Å². The smallest absolute Gasteiger partial charge is 0.408 e. The van der Waals surface area contributed by atoms with Gasteiger partial charge in [-0.05, 0) is 42.0 Å². The van der Waals surface area contributed by atoms with Crippen LogP contribution in [0.2, 0.25) is 0 Å². The van der Waals surface area contributed by atoms with Gasteiger partial charge in [0.25, 0.3) is 0 Å². The number of hydrogen-bond donors (Lipinski definition) is 0. The highest BCUT2D eigenvalue weighted by molar-refractivity contribution is 5.80. The molecule has 0 bridgehead atoms. The second-order valence-electron chi connectivity index (χ2n) is 8.88. The van der Waals surface area contributed by atoms with E-state index < -0.39 is 24.5 Å². The van der Waals surface area contributed by atoms with Crippen LogP contribution in [0, 0.1) is 11.8 Å². The molecule has 0 spiro atoms. The van der Waals surface area contributed by atoms with Crippen molar-refractivity contribution >= 4 is 16.6 Å². The summed E-state index contributed by atoms with van der Waals surface area (Å²) in [6.07, 6.45) is -0.353. The Hall–Kier alpha value is -4.36. The summed E-state index contributed by atoms with van der Waals surface area (Å²) in [6.45, 7) is -1.29. The number of benzene rings is 1. The summed E-state index contributed by atoms with van der Waals surface area (Å²) in [7, 11) is 2.80. The van der Waals surface area contributed by atoms with Gasteiger partial charge in [-0.1, -0.05) is 0 Å². The summed E-state index contributed by atoms with van der Waals surface area (Å²) in [6, 6.07) is 4.34. The molecule has 1 saturated carbocycles. The van der Waals surface area contributed by atoms with Crippen molar-refractivity contribution in [2.24, 2.45) is 0 Å². The van der Waals surface area contributed by atoms with Crippen LogP contribution in [0.25, 0.3) is 27.8 Å². The van der Waals surface area contributed by atoms with Gasteiger partial charge in [0.15, 0.2) is 5.65 Å². The molecule has 1 fully saturated rings. The van der Waals surface area contributed by atoms with Crippen molar-refractivity contribution in [1.29, 1.82) is 0 Å². The quantitative estimate of drug-likeness (QED) is 0.294. The van der Waals surface area contributed by atoms with Crippen LogP contribution in [0.3, 0.4) is 0 Å². The maximum atomic E-state index is 15.1. The molecular weight excluding hydrogens is 513 g/mol. The highest BCUT2D eigenvalue weighted by Crippen LogP contribution is 2.56. The molecule has 9 nitrogen and oxygen atoms in total. The molecule has 0 saturated heterocycles. The van der Waals surface area contributed by atoms with Gasteiger partial charge in [-0.2, -0.15) is 37.3 Å². The number of aromatic nitrogens is 7. The van der Waals surface area contributed by atoms with Gasteiger partial charge in [0, 0.05) is 17.1 Å². The van der Waals surface area contributed by atoms with Gasteiger partial charge < -0.3 is 9.47 Å². The summed E-state index contributed by atoms with van der Waals surface area (Å²) in [5.74, 6) is -1.78. The number of rotatable bonds is 6. The van der Waals surface area contributed by atoms with E-state index in [-0.39, 0.29) is 51.5 Å². The molecule has 1 aromatic carbocycles. The third-order valence-corrected chi connectivity index (χ3v) is 6.52. The predicted molar refractivity (Wildman–Crippen MR) is 123 cm³/mol. The van der Waals surface area contributed by atoms with Crippen LogP contribution in [-0.4, -0.2) is 54.7 Å². The first kappa shape index (κ1) is 24.0. The van der Waals surface area contributed by atoms with E-state index in [2.05, 4.69) is 25.1 Å². The first-order chi connectivity index (χ1) is 18.2. The van der Waals surface area contributed by atoms with Gasteiger partial charge in [-0.3, -0.25) is 4.68 Å². The van der Waals surface area contributed by atoms with Crippen molar-refractivity contribution in [1.82, 2.24) is 34.3 Å². The van der Waals surface area contributed by atoms with E-state index in [1.54, 1.807) is 6.07 Å². The van der Waals surface area contributed by atoms with Gasteiger partial charge in [-0.25, -0.2) is 14.4 Å². The number of nitrogens with zero attached hydrogens (tertiary/aromatic N) is 7. The van der Waals surface area contributed by atoms with E-state index in [9.17, 15) is 17.6 Å². The lowest BCUT2D eigenvalue weighted by Crippen LogP contribution is -2.18. The standard InChI is InChI=1S/C24H18F5N7O2/c1-37-22-16(8-31-23(33-22)38-2)18-5-15(21-30-9-20(26)36(21)34-18)13-4-12(13)14-6-19-11(3-17(14)25)7-32-35(19)10-24(27,28)29/h3,5-9,12-13H,4,10H2,1-2H3/t12-,13-/m0/s1. The third kappa shape index (κ3) is 4.05. The van der Waals surface area contributed by atoms with Gasteiger partial charge in [0.2, 0.25) is 11.8 Å². The lowest BCUT2D eigenvalue weighted by molar-refractivity contribution is -0.141. The van der Waals surface area contributed by atoms with Crippen molar-refractivity contribution in [3.05, 3.63) is 59.7 Å². The maximum absolute atomic E-state index is 15.1. The average molecular weight is 531 g/mol. The zero-order valence-corrected chi connectivity index (χ0v) is 19.9. The van der Waals surface area contributed by atoms with Crippen LogP contribution in [0.5, 0.6) is 11.9 Å². The first-order valence-corrected chi connectivity index (χ1v) is 11.4. The fourth-order valence-electron chi connectivity index (χ4n) is 4.73. The van der Waals surface area contributed by atoms with Crippen LogP contribution in [0.15, 0.2) is 36.8 Å². The molecular formula is C24H18F5N7O2. The molecule has 4 aromatic heterocycles. The lowest BCUT2D eigenvalue weighted by atomic mass is 10.0. The van der Waals surface area contributed by atoms with E-state index in [1.165, 1.54) is 38.7 Å². The Bertz CT molecular complexity index is 1700. The van der Waals surface area contributed by atoms with E-state index in [0.717, 1.165) is 15.4 Å². The molecule has 6 rings (SSSR count). The van der Waals surface area contributed by atoms with Crippen molar-refractivity contribution in [3.63, 3.8) is 0 Å². The normalized spacial score (nSPS) is 17.3. The van der Waals surface area contributed by atoms with Crippen LogP contribution >= 0.6 is 0 Å². The van der Waals surface area contributed by atoms with Crippen LogP contribution < -0.4 is 9.47 Å². The Balaban J connectivity index is 1.42. The minimum atomic E-state index is -4.48. The fourth-order valence-corrected chi connectivity index (χ4v) is 4.73. The molecule has 38 heavy (non-hydrogen) atoms. The third-order valence-electron chi connectivity index (χ3n) is 6.52. The zero-order valence-electron chi connectivity index (χ0n) is 19.9. The van der Waals surface area contributed by atoms with Gasteiger partial charge in [0.1, 0.15) is 12.4 Å². The lowest BCUT2D eigenvalue weighted by Gasteiger charge is -2.11. The highest BCUT2D eigenvalue weighted by atomic mass is 19.4. The average Bonchev–Trinajstić information content (AvgIpc) is 3.47. The topological polar surface area (TPSA) is 92.3 Å². The van der Waals surface area contributed by atoms with Crippen molar-refractivity contribution in [2.45, 2.75) is 31.0 Å². The van der Waals surface area contributed by atoms with E-state index in [0.29, 0.717) is 17.5 Å². The van der Waals surface area contributed by atoms with Crippen molar-refractivity contribution < 1.29 is 31.4 Å². The Labute approximate surface area is 210 Å². The fraction of sp³-hybridized carbons (Fsp3) is 0.292. The maximum Gasteiger partial charge on any atom is 0.408 e. The second-order valence-corrected chi connectivity index (χ2v) is 8.88. The van der Waals surface area contributed by atoms with Gasteiger partial charge >= 0.3 is 12.2 Å². The summed E-state index contributed by atoms with van der Waals surface area (Å²) in [5.41, 5.74) is 1.91. The Kier molecular flexibility index (Phi) is 5.43. The molecule has 196 valence electrons. The number of ether oxygens (including phenoxy) is 2. The number of methoxy groups -OCH3 is 2. The molecule has 4 heterocycles. The minimum Gasteiger partial charge on any atom is -0.480 e. The van der Waals surface area contributed by atoms with Gasteiger partial charge in [-0.15, -0.1) is 0 Å². The summed E-state index contributed by atoms with van der Waals surface area (Å²) in [5, 5.41) is 8.36. The number of halogens is 5. The molecule has 0 amide bonds. The van der Waals surface area contributed by atoms with Crippen molar-refractivity contribution in [2.75, 3.05) is 14.2 Å². The number of hydrogen-bond acceptors (Lipinski definition) is 7. The molecule has 1 aliphatic carbocycles. The second kappa shape index (κ2) is 8.60. The predicted octanol–water partition coefficient (Wildman–Crippen LogP) is 4.66. The Morgan fingerprint density at radius 3 is 2.50 bits per heavy atom. The summed E-state index contributed by atoms with van der Waals surface area (Å²) < 4.78 is 80.9. The summed E-state index contributed by atoms with van der Waals surface area (Å²) >= 11 is 0. The molecule has 14 heteroatoms. The Morgan fingerprint density at radius 1 is 0.974 bits per heavy atom. The van der Waals surface area contributed by atoms with E-state index in [1.807, 2.05) is 0 Å². The highest BCUT2D eigenvalue weighted by Gasteiger charge is 2.43. The minimum absolute atomic E-state index is 0.0681. The zero-order chi connectivity index (χ0) is 26.8. The summed E-state index contributed by atoms with van der Waals surface area (Å²) in [4.78, 5) is 12.4. The number of alkyl halides is 3. The SMILES string of the molecule is COc1ncc(-c2cc([C@H]3C[C@@H]3c3cc4c(cnn4CC(F)(F)F)cc3F)c3ncc(F)n3n2)c(OC)n1. The van der Waals surface area contributed by atoms with Gasteiger partial charge in [0.05, 0.1) is 43.4 Å². The molecule has 0 N–H and O–H groups in total. The first-order valence-electron chi connectivity index (χ1n) is 11.4. The van der Waals surface area contributed by atoms with Crippen molar-refractivity contribution in [3.8, 4) is 23.1 Å². The molecule has 0 unspecified atom stereocenters. The molecule has 2 atom stereocenters. The molecule has 0 aliphatic heterocycles. The number of imidazole rings is 1. The largest absolute Gasteiger partial charge is 0.480 e.